The molecule has 1 aromatic rings. The van der Waals surface area contributed by atoms with Crippen molar-refractivity contribution in [3.63, 3.8) is 0 Å². The van der Waals surface area contributed by atoms with Crippen LogP contribution in [0.15, 0.2) is 18.2 Å². The summed E-state index contributed by atoms with van der Waals surface area (Å²) in [4.78, 5) is 0. The molecule has 0 aromatic heterocycles. The van der Waals surface area contributed by atoms with E-state index in [2.05, 4.69) is 13.0 Å². The van der Waals surface area contributed by atoms with E-state index in [1.54, 1.807) is 7.11 Å². The zero-order valence-corrected chi connectivity index (χ0v) is 10.8. The van der Waals surface area contributed by atoms with E-state index in [0.717, 1.165) is 24.3 Å². The molecular weight excluding hydrogens is 214 g/mol. The highest BCUT2D eigenvalue weighted by Gasteiger charge is 2.49. The zero-order chi connectivity index (χ0) is 12.5. The summed E-state index contributed by atoms with van der Waals surface area (Å²) < 4.78 is 11.1. The summed E-state index contributed by atoms with van der Waals surface area (Å²) in [5, 5.41) is 0. The monoisotopic (exact) mass is 235 g/mol. The summed E-state index contributed by atoms with van der Waals surface area (Å²) in [5.74, 6) is 1.67. The normalized spacial score (nSPS) is 18.6. The van der Waals surface area contributed by atoms with Gasteiger partial charge >= 0.3 is 0 Å². The van der Waals surface area contributed by atoms with Crippen molar-refractivity contribution in [2.45, 2.75) is 38.1 Å². The molecule has 1 aliphatic carbocycles. The molecule has 1 fully saturated rings. The second kappa shape index (κ2) is 4.57. The van der Waals surface area contributed by atoms with Gasteiger partial charge in [-0.05, 0) is 32.8 Å². The standard InChI is InChI=1S/C14H21NO2/c1-4-17-13-11(6-5-7-12(13)16-3)14(8-9-14)10(2)15/h5-7,10H,4,8-9,15H2,1-3H3. The minimum atomic E-state index is 0.0963. The predicted octanol–water partition coefficient (Wildman–Crippen LogP) is 2.47. The molecule has 0 radical (unpaired) electrons. The Kier molecular flexibility index (Phi) is 3.29. The largest absolute Gasteiger partial charge is 0.493 e. The van der Waals surface area contributed by atoms with Gasteiger partial charge in [-0.25, -0.2) is 0 Å². The molecule has 3 nitrogen and oxygen atoms in total. The molecule has 1 unspecified atom stereocenters. The fraction of sp³-hybridized carbons (Fsp3) is 0.571. The maximum Gasteiger partial charge on any atom is 0.164 e. The Hall–Kier alpha value is -1.22. The average molecular weight is 235 g/mol. The van der Waals surface area contributed by atoms with Gasteiger partial charge in [-0.1, -0.05) is 12.1 Å². The molecule has 0 amide bonds. The van der Waals surface area contributed by atoms with Gasteiger partial charge in [0.2, 0.25) is 0 Å². The molecule has 0 heterocycles. The SMILES string of the molecule is CCOc1c(OC)cccc1C1(C(C)N)CC1. The smallest absolute Gasteiger partial charge is 0.164 e. The lowest BCUT2D eigenvalue weighted by molar-refractivity contribution is 0.303. The van der Waals surface area contributed by atoms with E-state index in [-0.39, 0.29) is 11.5 Å². The third-order valence-corrected chi connectivity index (χ3v) is 3.68. The highest BCUT2D eigenvalue weighted by atomic mass is 16.5. The van der Waals surface area contributed by atoms with Crippen LogP contribution in [0.1, 0.15) is 32.3 Å². The minimum Gasteiger partial charge on any atom is -0.493 e. The van der Waals surface area contributed by atoms with Crippen molar-refractivity contribution in [2.24, 2.45) is 5.73 Å². The maximum absolute atomic E-state index is 6.12. The van der Waals surface area contributed by atoms with Crippen molar-refractivity contribution in [1.29, 1.82) is 0 Å². The van der Waals surface area contributed by atoms with Gasteiger partial charge in [0.15, 0.2) is 11.5 Å². The number of nitrogens with two attached hydrogens (primary N) is 1. The lowest BCUT2D eigenvalue weighted by atomic mass is 9.88. The Balaban J connectivity index is 2.46. The fourth-order valence-corrected chi connectivity index (χ4v) is 2.47. The molecule has 0 spiro atoms. The zero-order valence-electron chi connectivity index (χ0n) is 10.8. The van der Waals surface area contributed by atoms with E-state index in [4.69, 9.17) is 15.2 Å². The molecular formula is C14H21NO2. The van der Waals surface area contributed by atoms with Gasteiger partial charge in [0.1, 0.15) is 0 Å². The average Bonchev–Trinajstić information content (AvgIpc) is 3.11. The van der Waals surface area contributed by atoms with Crippen LogP contribution in [0.5, 0.6) is 11.5 Å². The van der Waals surface area contributed by atoms with Crippen molar-refractivity contribution in [2.75, 3.05) is 13.7 Å². The van der Waals surface area contributed by atoms with Crippen molar-refractivity contribution in [3.8, 4) is 11.5 Å². The Bertz CT molecular complexity index is 397. The number of ether oxygens (including phenoxy) is 2. The highest BCUT2D eigenvalue weighted by Crippen LogP contribution is 2.54. The number of hydrogen-bond acceptors (Lipinski definition) is 3. The lowest BCUT2D eigenvalue weighted by Gasteiger charge is -2.24. The Labute approximate surface area is 103 Å². The van der Waals surface area contributed by atoms with E-state index in [1.807, 2.05) is 19.1 Å². The summed E-state index contributed by atoms with van der Waals surface area (Å²) in [6, 6.07) is 6.21. The van der Waals surface area contributed by atoms with E-state index < -0.39 is 0 Å². The van der Waals surface area contributed by atoms with Crippen LogP contribution in [0.4, 0.5) is 0 Å². The third kappa shape index (κ3) is 2.00. The summed E-state index contributed by atoms with van der Waals surface area (Å²) in [6.07, 6.45) is 2.27. The fourth-order valence-electron chi connectivity index (χ4n) is 2.47. The van der Waals surface area contributed by atoms with Gasteiger partial charge in [-0.15, -0.1) is 0 Å². The van der Waals surface area contributed by atoms with Gasteiger partial charge in [0.05, 0.1) is 13.7 Å². The number of rotatable bonds is 5. The van der Waals surface area contributed by atoms with Crippen molar-refractivity contribution < 1.29 is 9.47 Å². The third-order valence-electron chi connectivity index (χ3n) is 3.68. The molecule has 0 saturated heterocycles. The second-order valence-corrected chi connectivity index (χ2v) is 4.71. The van der Waals surface area contributed by atoms with E-state index in [1.165, 1.54) is 5.56 Å². The second-order valence-electron chi connectivity index (χ2n) is 4.71. The number of hydrogen-bond donors (Lipinski definition) is 1. The number of benzene rings is 1. The van der Waals surface area contributed by atoms with Crippen LogP contribution in [0.2, 0.25) is 0 Å². The first-order valence-corrected chi connectivity index (χ1v) is 6.21. The summed E-state index contributed by atoms with van der Waals surface area (Å²) in [5.41, 5.74) is 7.42. The number of methoxy groups -OCH3 is 1. The summed E-state index contributed by atoms with van der Waals surface area (Å²) >= 11 is 0. The molecule has 2 rings (SSSR count). The predicted molar refractivity (Wildman–Crippen MR) is 68.7 cm³/mol. The van der Waals surface area contributed by atoms with Gasteiger partial charge < -0.3 is 15.2 Å². The van der Waals surface area contributed by atoms with Gasteiger partial charge in [0, 0.05) is 17.0 Å². The summed E-state index contributed by atoms with van der Waals surface area (Å²) in [6.45, 7) is 4.70. The van der Waals surface area contributed by atoms with E-state index in [0.29, 0.717) is 6.61 Å². The topological polar surface area (TPSA) is 44.5 Å². The molecule has 1 saturated carbocycles. The Morgan fingerprint density at radius 2 is 2.12 bits per heavy atom. The first-order valence-electron chi connectivity index (χ1n) is 6.21. The van der Waals surface area contributed by atoms with Gasteiger partial charge in [0.25, 0.3) is 0 Å². The highest BCUT2D eigenvalue weighted by molar-refractivity contribution is 5.53. The Morgan fingerprint density at radius 1 is 1.41 bits per heavy atom. The first-order chi connectivity index (χ1) is 8.15. The van der Waals surface area contributed by atoms with Gasteiger partial charge in [-0.2, -0.15) is 0 Å². The molecule has 1 atom stereocenters. The maximum atomic E-state index is 6.12. The molecule has 3 heteroatoms. The first kappa shape index (κ1) is 12.2. The van der Waals surface area contributed by atoms with E-state index in [9.17, 15) is 0 Å². The molecule has 94 valence electrons. The lowest BCUT2D eigenvalue weighted by Crippen LogP contribution is -2.32. The van der Waals surface area contributed by atoms with Crippen molar-refractivity contribution in [3.05, 3.63) is 23.8 Å². The summed E-state index contributed by atoms with van der Waals surface area (Å²) in [7, 11) is 1.67. The van der Waals surface area contributed by atoms with Crippen LogP contribution in [-0.2, 0) is 5.41 Å². The number of para-hydroxylation sites is 1. The molecule has 17 heavy (non-hydrogen) atoms. The van der Waals surface area contributed by atoms with Gasteiger partial charge in [-0.3, -0.25) is 0 Å². The van der Waals surface area contributed by atoms with Crippen LogP contribution >= 0.6 is 0 Å². The Morgan fingerprint density at radius 3 is 2.59 bits per heavy atom. The van der Waals surface area contributed by atoms with Crippen LogP contribution in [0, 0.1) is 0 Å². The van der Waals surface area contributed by atoms with Crippen LogP contribution in [0.3, 0.4) is 0 Å². The van der Waals surface area contributed by atoms with Crippen LogP contribution in [0.25, 0.3) is 0 Å². The van der Waals surface area contributed by atoms with Crippen molar-refractivity contribution in [1.82, 2.24) is 0 Å². The molecule has 1 aliphatic rings. The van der Waals surface area contributed by atoms with E-state index >= 15 is 0 Å². The quantitative estimate of drug-likeness (QED) is 0.852. The molecule has 1 aromatic carbocycles. The molecule has 2 N–H and O–H groups in total. The van der Waals surface area contributed by atoms with Crippen molar-refractivity contribution >= 4 is 0 Å². The van der Waals surface area contributed by atoms with Crippen LogP contribution in [-0.4, -0.2) is 19.8 Å². The molecule has 0 bridgehead atoms. The van der Waals surface area contributed by atoms with Crippen LogP contribution < -0.4 is 15.2 Å². The molecule has 0 aliphatic heterocycles. The minimum absolute atomic E-state index is 0.0963.